The maximum absolute atomic E-state index is 12.7. The van der Waals surface area contributed by atoms with E-state index in [0.29, 0.717) is 19.7 Å². The van der Waals surface area contributed by atoms with Crippen molar-refractivity contribution >= 4 is 11.7 Å². The summed E-state index contributed by atoms with van der Waals surface area (Å²) in [4.78, 5) is 14.5. The maximum Gasteiger partial charge on any atom is 0.322 e. The number of nitrogens with one attached hydrogen (secondary N) is 1. The van der Waals surface area contributed by atoms with Crippen molar-refractivity contribution in [3.8, 4) is 0 Å². The van der Waals surface area contributed by atoms with E-state index in [9.17, 15) is 4.79 Å². The zero-order chi connectivity index (χ0) is 17.9. The van der Waals surface area contributed by atoms with Gasteiger partial charge < -0.3 is 15.0 Å². The normalized spacial score (nSPS) is 16.9. The number of anilines is 1. The lowest BCUT2D eigenvalue weighted by Gasteiger charge is -2.21. The molecule has 1 N–H and O–H groups in total. The Kier molecular flexibility index (Phi) is 4.88. The molecule has 0 radical (unpaired) electrons. The number of urea groups is 1. The van der Waals surface area contributed by atoms with Crippen LogP contribution in [0.5, 0.6) is 0 Å². The molecule has 138 valence electrons. The van der Waals surface area contributed by atoms with Crippen molar-refractivity contribution in [3.63, 3.8) is 0 Å². The molecule has 1 aliphatic heterocycles. The second kappa shape index (κ2) is 7.45. The van der Waals surface area contributed by atoms with Crippen LogP contribution in [0.15, 0.2) is 24.3 Å². The van der Waals surface area contributed by atoms with Crippen LogP contribution in [0.1, 0.15) is 36.2 Å². The summed E-state index contributed by atoms with van der Waals surface area (Å²) in [6.45, 7) is 5.26. The molecule has 0 spiro atoms. The molecule has 1 aromatic heterocycles. The predicted octanol–water partition coefficient (Wildman–Crippen LogP) is 2.95. The lowest BCUT2D eigenvalue weighted by Crippen LogP contribution is -2.34. The molecule has 0 unspecified atom stereocenters. The standard InChI is InChI=1S/C19H25N5O2/c1-14-4-2-5-16(10-14)20-19(25)23-8-3-9-24-18(11-23)17(21-22-24)13-26-12-15-6-7-15/h2,4-5,10,15H,3,6-9,11-13H2,1H3,(H,20,25). The van der Waals surface area contributed by atoms with E-state index in [-0.39, 0.29) is 6.03 Å². The van der Waals surface area contributed by atoms with Crippen LogP contribution in [0.3, 0.4) is 0 Å². The first kappa shape index (κ1) is 17.0. The first-order chi connectivity index (χ1) is 12.7. The van der Waals surface area contributed by atoms with E-state index in [2.05, 4.69) is 15.6 Å². The van der Waals surface area contributed by atoms with E-state index < -0.39 is 0 Å². The van der Waals surface area contributed by atoms with Gasteiger partial charge in [0.25, 0.3) is 0 Å². The third-order valence-corrected chi connectivity index (χ3v) is 4.90. The fourth-order valence-corrected chi connectivity index (χ4v) is 3.21. The monoisotopic (exact) mass is 355 g/mol. The summed E-state index contributed by atoms with van der Waals surface area (Å²) in [6, 6.07) is 7.75. The number of hydrogen-bond acceptors (Lipinski definition) is 4. The van der Waals surface area contributed by atoms with E-state index in [1.807, 2.05) is 40.8 Å². The van der Waals surface area contributed by atoms with Crippen LogP contribution in [0.25, 0.3) is 0 Å². The average molecular weight is 355 g/mol. The summed E-state index contributed by atoms with van der Waals surface area (Å²) in [6.07, 6.45) is 3.40. The lowest BCUT2D eigenvalue weighted by atomic mass is 10.2. The van der Waals surface area contributed by atoms with Crippen LogP contribution in [-0.4, -0.2) is 39.1 Å². The predicted molar refractivity (Wildman–Crippen MR) is 97.6 cm³/mol. The minimum absolute atomic E-state index is 0.0879. The quantitative estimate of drug-likeness (QED) is 0.895. The SMILES string of the molecule is Cc1cccc(NC(=O)N2CCCn3nnc(COCC4CC4)c3C2)c1. The summed E-state index contributed by atoms with van der Waals surface area (Å²) in [7, 11) is 0. The van der Waals surface area contributed by atoms with E-state index in [0.717, 1.165) is 48.1 Å². The molecule has 1 fully saturated rings. The van der Waals surface area contributed by atoms with Crippen LogP contribution in [0.4, 0.5) is 10.5 Å². The molecule has 0 bridgehead atoms. The number of carbonyl (C=O) groups excluding carboxylic acids is 1. The molecule has 7 nitrogen and oxygen atoms in total. The topological polar surface area (TPSA) is 72.3 Å². The Morgan fingerprint density at radius 3 is 3.04 bits per heavy atom. The van der Waals surface area contributed by atoms with Gasteiger partial charge in [-0.2, -0.15) is 0 Å². The molecule has 4 rings (SSSR count). The van der Waals surface area contributed by atoms with Gasteiger partial charge in [0, 0.05) is 25.4 Å². The van der Waals surface area contributed by atoms with Crippen molar-refractivity contribution in [2.75, 3.05) is 18.5 Å². The fourth-order valence-electron chi connectivity index (χ4n) is 3.21. The van der Waals surface area contributed by atoms with Crippen molar-refractivity contribution in [3.05, 3.63) is 41.2 Å². The smallest absolute Gasteiger partial charge is 0.322 e. The average Bonchev–Trinajstić information content (AvgIpc) is 3.40. The molecule has 2 amide bonds. The largest absolute Gasteiger partial charge is 0.375 e. The van der Waals surface area contributed by atoms with Crippen LogP contribution in [0.2, 0.25) is 0 Å². The number of benzene rings is 1. The highest BCUT2D eigenvalue weighted by Gasteiger charge is 2.25. The van der Waals surface area contributed by atoms with Crippen molar-refractivity contribution in [2.45, 2.75) is 45.9 Å². The second-order valence-corrected chi connectivity index (χ2v) is 7.24. The highest BCUT2D eigenvalue weighted by Crippen LogP contribution is 2.29. The number of nitrogens with zero attached hydrogens (tertiary/aromatic N) is 4. The first-order valence-electron chi connectivity index (χ1n) is 9.30. The first-order valence-corrected chi connectivity index (χ1v) is 9.30. The van der Waals surface area contributed by atoms with Crippen LogP contribution >= 0.6 is 0 Å². The Bertz CT molecular complexity index is 784. The molecule has 2 aliphatic rings. The number of rotatable bonds is 5. The second-order valence-electron chi connectivity index (χ2n) is 7.24. The third kappa shape index (κ3) is 4.04. The van der Waals surface area contributed by atoms with Crippen molar-refractivity contribution in [1.82, 2.24) is 19.9 Å². The molecular formula is C19H25N5O2. The van der Waals surface area contributed by atoms with Gasteiger partial charge in [0.15, 0.2) is 0 Å². The van der Waals surface area contributed by atoms with E-state index in [1.54, 1.807) is 0 Å². The van der Waals surface area contributed by atoms with Crippen molar-refractivity contribution in [1.29, 1.82) is 0 Å². The fraction of sp³-hybridized carbons (Fsp3) is 0.526. The number of hydrogen-bond donors (Lipinski definition) is 1. The lowest BCUT2D eigenvalue weighted by molar-refractivity contribution is 0.107. The Hall–Kier alpha value is -2.41. The number of amides is 2. The van der Waals surface area contributed by atoms with Crippen molar-refractivity contribution in [2.24, 2.45) is 5.92 Å². The van der Waals surface area contributed by atoms with E-state index >= 15 is 0 Å². The van der Waals surface area contributed by atoms with Crippen LogP contribution in [0, 0.1) is 12.8 Å². The summed E-state index contributed by atoms with van der Waals surface area (Å²) in [5, 5.41) is 11.5. The molecule has 1 saturated carbocycles. The van der Waals surface area contributed by atoms with Crippen molar-refractivity contribution < 1.29 is 9.53 Å². The number of aryl methyl sites for hydroxylation is 2. The highest BCUT2D eigenvalue weighted by molar-refractivity contribution is 5.89. The Morgan fingerprint density at radius 2 is 2.23 bits per heavy atom. The molecule has 1 aromatic carbocycles. The molecule has 2 heterocycles. The van der Waals surface area contributed by atoms with Gasteiger partial charge in [-0.15, -0.1) is 5.10 Å². The molecule has 0 atom stereocenters. The zero-order valence-electron chi connectivity index (χ0n) is 15.1. The number of ether oxygens (including phenoxy) is 1. The summed E-state index contributed by atoms with van der Waals surface area (Å²) in [5.41, 5.74) is 3.77. The summed E-state index contributed by atoms with van der Waals surface area (Å²) >= 11 is 0. The Morgan fingerprint density at radius 1 is 1.35 bits per heavy atom. The van der Waals surface area contributed by atoms with Crippen LogP contribution < -0.4 is 5.32 Å². The van der Waals surface area contributed by atoms with E-state index in [1.165, 1.54) is 12.8 Å². The van der Waals surface area contributed by atoms with Crippen LogP contribution in [-0.2, 0) is 24.4 Å². The van der Waals surface area contributed by atoms with Gasteiger partial charge in [0.2, 0.25) is 0 Å². The van der Waals surface area contributed by atoms with Gasteiger partial charge in [0.1, 0.15) is 5.69 Å². The minimum atomic E-state index is -0.0879. The van der Waals surface area contributed by atoms with E-state index in [4.69, 9.17) is 4.74 Å². The van der Waals surface area contributed by atoms with Gasteiger partial charge in [-0.05, 0) is 49.8 Å². The maximum atomic E-state index is 12.7. The molecular weight excluding hydrogens is 330 g/mol. The highest BCUT2D eigenvalue weighted by atomic mass is 16.5. The third-order valence-electron chi connectivity index (χ3n) is 4.90. The molecule has 26 heavy (non-hydrogen) atoms. The van der Waals surface area contributed by atoms with Gasteiger partial charge in [-0.1, -0.05) is 17.3 Å². The molecule has 7 heteroatoms. The molecule has 1 aliphatic carbocycles. The molecule has 0 saturated heterocycles. The Labute approximate surface area is 153 Å². The van der Waals surface area contributed by atoms with Gasteiger partial charge in [-0.25, -0.2) is 9.48 Å². The minimum Gasteiger partial charge on any atom is -0.375 e. The summed E-state index contributed by atoms with van der Waals surface area (Å²) in [5.74, 6) is 0.723. The van der Waals surface area contributed by atoms with Gasteiger partial charge in [0.05, 0.1) is 18.8 Å². The Balaban J connectivity index is 1.42. The number of fused-ring (bicyclic) bond motifs is 1. The molecule has 2 aromatic rings. The number of aromatic nitrogens is 3. The van der Waals surface area contributed by atoms with Gasteiger partial charge >= 0.3 is 6.03 Å². The summed E-state index contributed by atoms with van der Waals surface area (Å²) < 4.78 is 7.69. The number of carbonyl (C=O) groups is 1. The van der Waals surface area contributed by atoms with Gasteiger partial charge in [-0.3, -0.25) is 0 Å². The zero-order valence-corrected chi connectivity index (χ0v) is 15.1.